The second-order valence-corrected chi connectivity index (χ2v) is 18.2. The molecule has 0 saturated carbocycles. The van der Waals surface area contributed by atoms with Crippen LogP contribution >= 0.6 is 11.8 Å². The molecule has 2 aliphatic rings. The molecule has 3 aromatic rings. The molecule has 0 spiro atoms. The number of thioether (sulfide) groups is 1. The monoisotopic (exact) mass is 588 g/mol. The van der Waals surface area contributed by atoms with Gasteiger partial charge in [0.2, 0.25) is 0 Å². The lowest BCUT2D eigenvalue weighted by Gasteiger charge is -2.37. The fourth-order valence-corrected chi connectivity index (χ4v) is 7.29. The van der Waals surface area contributed by atoms with Gasteiger partial charge in [-0.25, -0.2) is 9.48 Å². The molecule has 41 heavy (non-hydrogen) atoms. The number of aryl methyl sites for hydroxylation is 1. The fraction of sp³-hybridized carbons (Fsp3) is 0.406. The van der Waals surface area contributed by atoms with Gasteiger partial charge < -0.3 is 14.5 Å². The van der Waals surface area contributed by atoms with E-state index in [9.17, 15) is 4.79 Å². The largest absolute Gasteiger partial charge is 0.465 e. The van der Waals surface area contributed by atoms with Gasteiger partial charge in [-0.15, -0.1) is 11.8 Å². The van der Waals surface area contributed by atoms with Gasteiger partial charge in [0.05, 0.1) is 42.8 Å². The number of pyridine rings is 1. The molecule has 1 aromatic carbocycles. The van der Waals surface area contributed by atoms with Crippen LogP contribution in [0.15, 0.2) is 66.4 Å². The predicted octanol–water partition coefficient (Wildman–Crippen LogP) is 7.17. The van der Waals surface area contributed by atoms with Crippen LogP contribution in [0.5, 0.6) is 0 Å². The van der Waals surface area contributed by atoms with E-state index in [1.165, 1.54) is 12.7 Å². The molecule has 2 aromatic heterocycles. The number of hydrogen-bond donors (Lipinski definition) is 1. The lowest BCUT2D eigenvalue weighted by atomic mass is 9.96. The highest BCUT2D eigenvalue weighted by molar-refractivity contribution is 7.99. The number of allylic oxidation sites excluding steroid dienone is 4. The fourth-order valence-electron chi connectivity index (χ4n) is 4.80. The number of nitrogens with one attached hydrogen (secondary N) is 1. The van der Waals surface area contributed by atoms with Crippen molar-refractivity contribution >= 4 is 31.9 Å². The number of ether oxygens (including phenoxy) is 1. The molecular weight excluding hydrogens is 549 g/mol. The van der Waals surface area contributed by atoms with E-state index < -0.39 is 8.32 Å². The number of aromatic nitrogens is 3. The van der Waals surface area contributed by atoms with Gasteiger partial charge in [0.15, 0.2) is 8.32 Å². The zero-order valence-electron chi connectivity index (χ0n) is 25.0. The second-order valence-electron chi connectivity index (χ2n) is 12.3. The standard InChI is InChI=1S/C32H40N4O3SSi/c1-21-17-23(31(37)38-5)14-15-25(21)29-27-28(26-13-8-9-16-33-26)35-36(18-22-11-10-12-22)30(27)34-24(20-40-29)19-39-41(6,7)32(2,3)4/h8-17,24,29,34H,18-20H2,1-7H3/t24-,29+/m1/s1. The van der Waals surface area contributed by atoms with Gasteiger partial charge in [0.25, 0.3) is 0 Å². The highest BCUT2D eigenvalue weighted by Gasteiger charge is 2.39. The highest BCUT2D eigenvalue weighted by atomic mass is 32.2. The summed E-state index contributed by atoms with van der Waals surface area (Å²) in [6.07, 6.45) is 8.14. The Morgan fingerprint density at radius 3 is 2.61 bits per heavy atom. The van der Waals surface area contributed by atoms with Crippen molar-refractivity contribution in [2.24, 2.45) is 0 Å². The molecule has 3 heterocycles. The Bertz CT molecular complexity index is 1490. The number of methoxy groups -OCH3 is 1. The molecular formula is C32H40N4O3SSi. The van der Waals surface area contributed by atoms with Gasteiger partial charge in [-0.2, -0.15) is 5.10 Å². The lowest BCUT2D eigenvalue weighted by molar-refractivity contribution is 0.0600. The Morgan fingerprint density at radius 1 is 1.22 bits per heavy atom. The lowest BCUT2D eigenvalue weighted by Crippen LogP contribution is -2.44. The minimum Gasteiger partial charge on any atom is -0.465 e. The van der Waals surface area contributed by atoms with Crippen molar-refractivity contribution in [2.75, 3.05) is 24.8 Å². The molecule has 1 aliphatic carbocycles. The summed E-state index contributed by atoms with van der Waals surface area (Å²) in [7, 11) is -0.521. The summed E-state index contributed by atoms with van der Waals surface area (Å²) in [6.45, 7) is 14.8. The number of nitrogens with zero attached hydrogens (tertiary/aromatic N) is 3. The number of carbonyl (C=O) groups excluding carboxylic acids is 1. The predicted molar refractivity (Wildman–Crippen MR) is 170 cm³/mol. The average Bonchev–Trinajstić information content (AvgIpc) is 3.15. The van der Waals surface area contributed by atoms with E-state index in [0.717, 1.165) is 39.6 Å². The second kappa shape index (κ2) is 11.6. The van der Waals surface area contributed by atoms with E-state index >= 15 is 0 Å². The summed E-state index contributed by atoms with van der Waals surface area (Å²) in [5.74, 6) is 1.53. The summed E-state index contributed by atoms with van der Waals surface area (Å²) in [5.41, 5.74) is 6.79. The first-order valence-electron chi connectivity index (χ1n) is 14.1. The van der Waals surface area contributed by atoms with Gasteiger partial charge in [-0.1, -0.05) is 51.1 Å². The molecule has 5 rings (SSSR count). The van der Waals surface area contributed by atoms with E-state index in [2.05, 4.69) is 75.1 Å². The molecule has 0 bridgehead atoms. The van der Waals surface area contributed by atoms with Crippen molar-refractivity contribution in [3.63, 3.8) is 0 Å². The van der Waals surface area contributed by atoms with Crippen LogP contribution in [0.25, 0.3) is 11.4 Å². The molecule has 9 heteroatoms. The Balaban J connectivity index is 1.61. The van der Waals surface area contributed by atoms with Gasteiger partial charge in [0.1, 0.15) is 11.5 Å². The number of carbonyl (C=O) groups is 1. The third kappa shape index (κ3) is 6.07. The summed E-state index contributed by atoms with van der Waals surface area (Å²) in [5, 5.41) is 9.17. The molecule has 0 unspecified atom stereocenters. The maximum absolute atomic E-state index is 12.3. The van der Waals surface area contributed by atoms with Crippen LogP contribution in [-0.4, -0.2) is 54.6 Å². The van der Waals surface area contributed by atoms with Crippen molar-refractivity contribution in [3.8, 4) is 11.4 Å². The highest BCUT2D eigenvalue weighted by Crippen LogP contribution is 2.48. The Labute approximate surface area is 248 Å². The minimum atomic E-state index is -1.94. The number of esters is 1. The number of fused-ring (bicyclic) bond motifs is 1. The molecule has 0 fully saturated rings. The zero-order valence-corrected chi connectivity index (χ0v) is 26.8. The van der Waals surface area contributed by atoms with E-state index in [-0.39, 0.29) is 22.3 Å². The minimum absolute atomic E-state index is 0.0151. The van der Waals surface area contributed by atoms with E-state index in [1.54, 1.807) is 0 Å². The summed E-state index contributed by atoms with van der Waals surface area (Å²) >= 11 is 1.89. The van der Waals surface area contributed by atoms with Gasteiger partial charge in [0, 0.05) is 17.5 Å². The molecule has 0 amide bonds. The number of anilines is 1. The molecule has 1 aliphatic heterocycles. The number of hydrogen-bond acceptors (Lipinski definition) is 7. The molecule has 0 radical (unpaired) electrons. The van der Waals surface area contributed by atoms with Crippen LogP contribution in [0.1, 0.15) is 53.1 Å². The SMILES string of the molecule is COC(=O)c1ccc([C@@H]2SC[C@@H](CO[Si](C)(C)C(C)(C)C)Nc3c2c(-c2ccccn2)nn3CC2=CC=C2)c(C)c1. The third-order valence-corrected chi connectivity index (χ3v) is 14.3. The van der Waals surface area contributed by atoms with Crippen molar-refractivity contribution in [3.05, 3.63) is 88.7 Å². The quantitative estimate of drug-likeness (QED) is 0.221. The van der Waals surface area contributed by atoms with Crippen molar-refractivity contribution in [1.29, 1.82) is 0 Å². The summed E-state index contributed by atoms with van der Waals surface area (Å²) in [4.78, 5) is 17.0. The van der Waals surface area contributed by atoms with E-state index in [4.69, 9.17) is 19.2 Å². The normalized spacial score (nSPS) is 18.6. The number of benzene rings is 1. The van der Waals surface area contributed by atoms with Gasteiger partial charge in [-0.05, 0) is 66.0 Å². The zero-order chi connectivity index (χ0) is 29.4. The molecule has 2 atom stereocenters. The van der Waals surface area contributed by atoms with Crippen LogP contribution in [0, 0.1) is 6.92 Å². The Kier molecular flexibility index (Phi) is 8.32. The third-order valence-electron chi connectivity index (χ3n) is 8.34. The molecule has 216 valence electrons. The summed E-state index contributed by atoms with van der Waals surface area (Å²) in [6, 6.07) is 11.9. The Morgan fingerprint density at radius 2 is 2.00 bits per heavy atom. The Hall–Kier alpha value is -3.14. The molecule has 7 nitrogen and oxygen atoms in total. The van der Waals surface area contributed by atoms with Gasteiger partial charge in [-0.3, -0.25) is 4.98 Å². The molecule has 0 saturated heterocycles. The van der Waals surface area contributed by atoms with Crippen LogP contribution in [0.2, 0.25) is 18.1 Å². The van der Waals surface area contributed by atoms with Crippen molar-refractivity contribution in [2.45, 2.75) is 63.7 Å². The average molecular weight is 589 g/mol. The topological polar surface area (TPSA) is 78.3 Å². The maximum atomic E-state index is 12.3. The first kappa shape index (κ1) is 29.4. The molecule has 1 N–H and O–H groups in total. The van der Waals surface area contributed by atoms with Crippen molar-refractivity contribution < 1.29 is 14.0 Å². The maximum Gasteiger partial charge on any atom is 0.337 e. The van der Waals surface area contributed by atoms with E-state index in [1.807, 2.05) is 48.3 Å². The van der Waals surface area contributed by atoms with Crippen LogP contribution < -0.4 is 5.32 Å². The first-order valence-corrected chi connectivity index (χ1v) is 18.0. The van der Waals surface area contributed by atoms with Crippen LogP contribution in [0.3, 0.4) is 0 Å². The number of rotatable bonds is 8. The van der Waals surface area contributed by atoms with E-state index in [0.29, 0.717) is 18.7 Å². The van der Waals surface area contributed by atoms with Crippen LogP contribution in [-0.2, 0) is 15.7 Å². The van der Waals surface area contributed by atoms with Crippen molar-refractivity contribution in [1.82, 2.24) is 14.8 Å². The first-order chi connectivity index (χ1) is 19.5. The smallest absolute Gasteiger partial charge is 0.337 e. The van der Waals surface area contributed by atoms with Gasteiger partial charge >= 0.3 is 5.97 Å². The summed E-state index contributed by atoms with van der Waals surface area (Å²) < 4.78 is 13.8. The van der Waals surface area contributed by atoms with Crippen LogP contribution in [0.4, 0.5) is 5.82 Å².